The van der Waals surface area contributed by atoms with Crippen molar-refractivity contribution < 1.29 is 5.11 Å². The quantitative estimate of drug-likeness (QED) is 0.478. The lowest BCUT2D eigenvalue weighted by atomic mass is 9.79. The van der Waals surface area contributed by atoms with Gasteiger partial charge >= 0.3 is 0 Å². The second-order valence-electron chi connectivity index (χ2n) is 7.79. The van der Waals surface area contributed by atoms with E-state index in [1.54, 1.807) is 0 Å². The lowest BCUT2D eigenvalue weighted by molar-refractivity contribution is 0.0827. The first-order valence-corrected chi connectivity index (χ1v) is 10.5. The third-order valence-corrected chi connectivity index (χ3v) is 5.81. The standard InChI is InChI=1S/C26H29NO/c1-2-3-4-10-18-27-20-23(19-25(27)22-13-6-5-7-14-22)26(28)17-11-15-21-12-8-9-16-24(21)26/h5-9,11-16,19-20,28H,2-4,10,17-18H2,1H3/t26-/m0/s1. The van der Waals surface area contributed by atoms with Gasteiger partial charge in [-0.1, -0.05) is 92.9 Å². The topological polar surface area (TPSA) is 25.2 Å². The molecule has 4 rings (SSSR count). The third-order valence-electron chi connectivity index (χ3n) is 5.81. The van der Waals surface area contributed by atoms with Gasteiger partial charge in [0.05, 0.1) is 0 Å². The number of fused-ring (bicyclic) bond motifs is 1. The van der Waals surface area contributed by atoms with Gasteiger partial charge in [-0.2, -0.15) is 0 Å². The van der Waals surface area contributed by atoms with Crippen molar-refractivity contribution >= 4 is 6.08 Å². The number of nitrogens with zero attached hydrogens (tertiary/aromatic N) is 1. The van der Waals surface area contributed by atoms with Crippen LogP contribution in [0.5, 0.6) is 0 Å². The number of rotatable bonds is 7. The number of benzene rings is 2. The number of aromatic nitrogens is 1. The molecular weight excluding hydrogens is 342 g/mol. The molecule has 2 nitrogen and oxygen atoms in total. The Bertz CT molecular complexity index is 954. The van der Waals surface area contributed by atoms with Crippen molar-refractivity contribution in [3.63, 3.8) is 0 Å². The maximum absolute atomic E-state index is 11.7. The molecule has 0 saturated heterocycles. The molecule has 1 aliphatic rings. The largest absolute Gasteiger partial charge is 0.380 e. The Hall–Kier alpha value is -2.58. The van der Waals surface area contributed by atoms with Crippen molar-refractivity contribution in [2.24, 2.45) is 0 Å². The van der Waals surface area contributed by atoms with Gasteiger partial charge in [-0.15, -0.1) is 0 Å². The second-order valence-corrected chi connectivity index (χ2v) is 7.79. The SMILES string of the molecule is CCCCCCn1cc([C@@]2(O)CC=Cc3ccccc32)cc1-c1ccccc1. The van der Waals surface area contributed by atoms with Gasteiger partial charge < -0.3 is 9.67 Å². The summed E-state index contributed by atoms with van der Waals surface area (Å²) in [6.07, 6.45) is 11.9. The van der Waals surface area contributed by atoms with Crippen LogP contribution < -0.4 is 0 Å². The molecule has 0 saturated carbocycles. The van der Waals surface area contributed by atoms with Crippen LogP contribution in [0.15, 0.2) is 72.9 Å². The highest BCUT2D eigenvalue weighted by molar-refractivity contribution is 5.65. The normalized spacial score (nSPS) is 18.2. The fourth-order valence-electron chi connectivity index (χ4n) is 4.24. The van der Waals surface area contributed by atoms with E-state index < -0.39 is 5.60 Å². The van der Waals surface area contributed by atoms with E-state index in [2.05, 4.69) is 78.4 Å². The van der Waals surface area contributed by atoms with Crippen molar-refractivity contribution in [2.45, 2.75) is 51.2 Å². The molecule has 1 aliphatic carbocycles. The van der Waals surface area contributed by atoms with Crippen LogP contribution in [0.2, 0.25) is 0 Å². The first-order chi connectivity index (χ1) is 13.7. The van der Waals surface area contributed by atoms with E-state index in [-0.39, 0.29) is 0 Å². The van der Waals surface area contributed by atoms with Crippen LogP contribution in [-0.2, 0) is 12.1 Å². The fourth-order valence-corrected chi connectivity index (χ4v) is 4.24. The highest BCUT2D eigenvalue weighted by Crippen LogP contribution is 2.41. The minimum absolute atomic E-state index is 0.609. The monoisotopic (exact) mass is 371 g/mol. The summed E-state index contributed by atoms with van der Waals surface area (Å²) in [7, 11) is 0. The van der Waals surface area contributed by atoms with Crippen LogP contribution in [0.3, 0.4) is 0 Å². The Labute approximate surface area is 168 Å². The number of aryl methyl sites for hydroxylation is 1. The summed E-state index contributed by atoms with van der Waals surface area (Å²) in [6.45, 7) is 3.23. The van der Waals surface area contributed by atoms with E-state index in [1.807, 2.05) is 12.1 Å². The molecule has 0 unspecified atom stereocenters. The molecule has 0 amide bonds. The molecule has 2 heteroatoms. The molecule has 1 atom stereocenters. The minimum Gasteiger partial charge on any atom is -0.380 e. The summed E-state index contributed by atoms with van der Waals surface area (Å²) in [6, 6.07) is 20.9. The van der Waals surface area contributed by atoms with Crippen molar-refractivity contribution in [1.29, 1.82) is 0 Å². The number of hydrogen-bond donors (Lipinski definition) is 1. The molecule has 0 radical (unpaired) electrons. The van der Waals surface area contributed by atoms with E-state index in [9.17, 15) is 5.11 Å². The van der Waals surface area contributed by atoms with Crippen molar-refractivity contribution in [2.75, 3.05) is 0 Å². The number of hydrogen-bond acceptors (Lipinski definition) is 1. The molecule has 0 aliphatic heterocycles. The molecule has 1 aromatic heterocycles. The van der Waals surface area contributed by atoms with Gasteiger partial charge in [0.1, 0.15) is 5.60 Å². The van der Waals surface area contributed by atoms with Crippen LogP contribution in [-0.4, -0.2) is 9.67 Å². The highest BCUT2D eigenvalue weighted by Gasteiger charge is 2.35. The summed E-state index contributed by atoms with van der Waals surface area (Å²) in [5.41, 5.74) is 4.51. The van der Waals surface area contributed by atoms with Gasteiger partial charge in [0, 0.05) is 30.4 Å². The van der Waals surface area contributed by atoms with Crippen LogP contribution in [0.25, 0.3) is 17.3 Å². The molecule has 144 valence electrons. The summed E-state index contributed by atoms with van der Waals surface area (Å²) < 4.78 is 2.33. The summed E-state index contributed by atoms with van der Waals surface area (Å²) in [5, 5.41) is 11.7. The average molecular weight is 372 g/mol. The van der Waals surface area contributed by atoms with Crippen molar-refractivity contribution in [1.82, 2.24) is 4.57 Å². The van der Waals surface area contributed by atoms with Crippen molar-refractivity contribution in [3.8, 4) is 11.3 Å². The average Bonchev–Trinajstić information content (AvgIpc) is 3.17. The van der Waals surface area contributed by atoms with E-state index in [0.29, 0.717) is 6.42 Å². The van der Waals surface area contributed by atoms with Crippen LogP contribution in [0.4, 0.5) is 0 Å². The molecule has 1 N–H and O–H groups in total. The number of aliphatic hydroxyl groups is 1. The zero-order valence-electron chi connectivity index (χ0n) is 16.6. The Morgan fingerprint density at radius 1 is 0.964 bits per heavy atom. The molecular formula is C26H29NO. The van der Waals surface area contributed by atoms with Gasteiger partial charge in [-0.3, -0.25) is 0 Å². The van der Waals surface area contributed by atoms with Gasteiger partial charge in [-0.25, -0.2) is 0 Å². The zero-order valence-corrected chi connectivity index (χ0v) is 16.6. The Morgan fingerprint density at radius 2 is 1.75 bits per heavy atom. The molecule has 0 fully saturated rings. The van der Waals surface area contributed by atoms with Gasteiger partial charge in [-0.05, 0) is 29.2 Å². The molecule has 0 bridgehead atoms. The van der Waals surface area contributed by atoms with Crippen molar-refractivity contribution in [3.05, 3.63) is 89.6 Å². The lowest BCUT2D eigenvalue weighted by Gasteiger charge is -2.31. The molecule has 2 aromatic carbocycles. The zero-order chi connectivity index (χ0) is 19.4. The highest BCUT2D eigenvalue weighted by atomic mass is 16.3. The first kappa shape index (κ1) is 18.8. The third kappa shape index (κ3) is 3.57. The summed E-state index contributed by atoms with van der Waals surface area (Å²) in [5.74, 6) is 0. The Morgan fingerprint density at radius 3 is 2.57 bits per heavy atom. The van der Waals surface area contributed by atoms with Gasteiger partial charge in [0.25, 0.3) is 0 Å². The van der Waals surface area contributed by atoms with Crippen LogP contribution >= 0.6 is 0 Å². The first-order valence-electron chi connectivity index (χ1n) is 10.5. The van der Waals surface area contributed by atoms with E-state index in [1.165, 1.54) is 30.5 Å². The molecule has 1 heterocycles. The van der Waals surface area contributed by atoms with E-state index in [4.69, 9.17) is 0 Å². The van der Waals surface area contributed by atoms with E-state index >= 15 is 0 Å². The van der Waals surface area contributed by atoms with Crippen LogP contribution in [0, 0.1) is 0 Å². The fraction of sp³-hybridized carbons (Fsp3) is 0.308. The van der Waals surface area contributed by atoms with Crippen LogP contribution in [0.1, 0.15) is 55.7 Å². The second kappa shape index (κ2) is 8.20. The molecule has 28 heavy (non-hydrogen) atoms. The lowest BCUT2D eigenvalue weighted by Crippen LogP contribution is -2.28. The maximum atomic E-state index is 11.7. The van der Waals surface area contributed by atoms with Gasteiger partial charge in [0.15, 0.2) is 0 Å². The maximum Gasteiger partial charge on any atom is 0.120 e. The predicted octanol–water partition coefficient (Wildman–Crippen LogP) is 6.39. The smallest absolute Gasteiger partial charge is 0.120 e. The predicted molar refractivity (Wildman–Crippen MR) is 117 cm³/mol. The van der Waals surface area contributed by atoms with E-state index in [0.717, 1.165) is 29.7 Å². The Balaban J connectivity index is 1.74. The van der Waals surface area contributed by atoms with Gasteiger partial charge in [0.2, 0.25) is 0 Å². The molecule has 0 spiro atoms. The summed E-state index contributed by atoms with van der Waals surface area (Å²) in [4.78, 5) is 0. The molecule has 3 aromatic rings. The number of unbranched alkanes of at least 4 members (excludes halogenated alkanes) is 3. The summed E-state index contributed by atoms with van der Waals surface area (Å²) >= 11 is 0. The Kier molecular flexibility index (Phi) is 5.50. The minimum atomic E-state index is -0.969.